The zero-order chi connectivity index (χ0) is 7.68. The summed E-state index contributed by atoms with van der Waals surface area (Å²) in [7, 11) is 0. The van der Waals surface area contributed by atoms with Crippen molar-refractivity contribution in [1.29, 1.82) is 0 Å². The molecule has 0 spiro atoms. The highest BCUT2D eigenvalue weighted by Gasteiger charge is 2.14. The molecule has 0 radical (unpaired) electrons. The molecule has 1 saturated heterocycles. The molecule has 0 aromatic carbocycles. The van der Waals surface area contributed by atoms with Crippen molar-refractivity contribution in [2.24, 2.45) is 0 Å². The first-order valence-corrected chi connectivity index (χ1v) is 4.65. The standard InChI is InChI=1S/C7H11N3S/c8-7-9-6(5-11-7)4-10-2-1-3-10/h5H,1-4H2,(H2,8,9). The smallest absolute Gasteiger partial charge is 0.180 e. The molecule has 4 heteroatoms. The van der Waals surface area contributed by atoms with Crippen LogP contribution in [0, 0.1) is 0 Å². The van der Waals surface area contributed by atoms with E-state index in [4.69, 9.17) is 5.73 Å². The Morgan fingerprint density at radius 2 is 2.45 bits per heavy atom. The van der Waals surface area contributed by atoms with Gasteiger partial charge >= 0.3 is 0 Å². The number of hydrogen-bond donors (Lipinski definition) is 1. The number of likely N-dealkylation sites (tertiary alicyclic amines) is 1. The van der Waals surface area contributed by atoms with E-state index in [0.717, 1.165) is 12.2 Å². The van der Waals surface area contributed by atoms with Gasteiger partial charge < -0.3 is 5.73 Å². The lowest BCUT2D eigenvalue weighted by molar-refractivity contribution is 0.171. The summed E-state index contributed by atoms with van der Waals surface area (Å²) >= 11 is 1.52. The first-order chi connectivity index (χ1) is 5.34. The lowest BCUT2D eigenvalue weighted by atomic mass is 10.2. The van der Waals surface area contributed by atoms with Gasteiger partial charge in [-0.15, -0.1) is 11.3 Å². The average molecular weight is 169 g/mol. The Morgan fingerprint density at radius 1 is 1.64 bits per heavy atom. The zero-order valence-corrected chi connectivity index (χ0v) is 7.10. The first-order valence-electron chi connectivity index (χ1n) is 3.77. The normalized spacial score (nSPS) is 18.2. The summed E-state index contributed by atoms with van der Waals surface area (Å²) in [5.74, 6) is 0. The average Bonchev–Trinajstić information content (AvgIpc) is 2.27. The van der Waals surface area contributed by atoms with Gasteiger partial charge in [0.15, 0.2) is 5.13 Å². The Labute approximate surface area is 69.8 Å². The van der Waals surface area contributed by atoms with Crippen LogP contribution in [-0.4, -0.2) is 23.0 Å². The molecular formula is C7H11N3S. The first kappa shape index (κ1) is 7.06. The van der Waals surface area contributed by atoms with Crippen molar-refractivity contribution >= 4 is 16.5 Å². The number of rotatable bonds is 2. The van der Waals surface area contributed by atoms with E-state index in [1.165, 1.54) is 30.8 Å². The Bertz CT molecular complexity index is 242. The summed E-state index contributed by atoms with van der Waals surface area (Å²) in [5, 5.41) is 2.72. The molecule has 0 saturated carbocycles. The summed E-state index contributed by atoms with van der Waals surface area (Å²) in [5.41, 5.74) is 6.62. The third kappa shape index (κ3) is 1.52. The third-order valence-corrected chi connectivity index (χ3v) is 2.63. The highest BCUT2D eigenvalue weighted by molar-refractivity contribution is 7.13. The van der Waals surface area contributed by atoms with Crippen LogP contribution in [0.2, 0.25) is 0 Å². The van der Waals surface area contributed by atoms with Crippen LogP contribution in [0.1, 0.15) is 12.1 Å². The van der Waals surface area contributed by atoms with E-state index in [1.54, 1.807) is 0 Å². The second-order valence-electron chi connectivity index (χ2n) is 2.81. The Hall–Kier alpha value is -0.610. The minimum Gasteiger partial charge on any atom is -0.375 e. The van der Waals surface area contributed by atoms with Crippen molar-refractivity contribution in [2.75, 3.05) is 18.8 Å². The van der Waals surface area contributed by atoms with Gasteiger partial charge in [-0.2, -0.15) is 0 Å². The maximum absolute atomic E-state index is 5.50. The van der Waals surface area contributed by atoms with E-state index >= 15 is 0 Å². The van der Waals surface area contributed by atoms with Crippen LogP contribution in [0.4, 0.5) is 5.13 Å². The van der Waals surface area contributed by atoms with E-state index in [0.29, 0.717) is 5.13 Å². The van der Waals surface area contributed by atoms with Crippen LogP contribution in [0.3, 0.4) is 0 Å². The number of anilines is 1. The van der Waals surface area contributed by atoms with Crippen molar-refractivity contribution in [3.63, 3.8) is 0 Å². The summed E-state index contributed by atoms with van der Waals surface area (Å²) in [4.78, 5) is 6.56. The fourth-order valence-corrected chi connectivity index (χ4v) is 1.72. The predicted octanol–water partition coefficient (Wildman–Crippen LogP) is 0.931. The molecule has 0 aliphatic carbocycles. The molecule has 1 aliphatic heterocycles. The quantitative estimate of drug-likeness (QED) is 0.716. The molecular weight excluding hydrogens is 158 g/mol. The maximum atomic E-state index is 5.50. The SMILES string of the molecule is Nc1nc(CN2CCC2)cs1. The molecule has 2 rings (SSSR count). The van der Waals surface area contributed by atoms with Gasteiger partial charge in [0.2, 0.25) is 0 Å². The maximum Gasteiger partial charge on any atom is 0.180 e. The fourth-order valence-electron chi connectivity index (χ4n) is 1.16. The molecule has 3 nitrogen and oxygen atoms in total. The molecule has 2 heterocycles. The highest BCUT2D eigenvalue weighted by Crippen LogP contribution is 2.15. The summed E-state index contributed by atoms with van der Waals surface area (Å²) in [6.45, 7) is 3.42. The minimum atomic E-state index is 0.681. The van der Waals surface area contributed by atoms with Gasteiger partial charge in [0, 0.05) is 11.9 Å². The molecule has 2 N–H and O–H groups in total. The molecule has 60 valence electrons. The van der Waals surface area contributed by atoms with Gasteiger partial charge in [-0.1, -0.05) is 0 Å². The van der Waals surface area contributed by atoms with Crippen molar-refractivity contribution < 1.29 is 0 Å². The van der Waals surface area contributed by atoms with Crippen LogP contribution >= 0.6 is 11.3 Å². The van der Waals surface area contributed by atoms with E-state index < -0.39 is 0 Å². The summed E-state index contributed by atoms with van der Waals surface area (Å²) in [6.07, 6.45) is 1.33. The lowest BCUT2D eigenvalue weighted by Gasteiger charge is -2.29. The monoisotopic (exact) mass is 169 g/mol. The Morgan fingerprint density at radius 3 is 2.91 bits per heavy atom. The molecule has 11 heavy (non-hydrogen) atoms. The largest absolute Gasteiger partial charge is 0.375 e. The molecule has 1 fully saturated rings. The van der Waals surface area contributed by atoms with E-state index in [2.05, 4.69) is 9.88 Å². The molecule has 1 aromatic heterocycles. The Balaban J connectivity index is 1.95. The van der Waals surface area contributed by atoms with Crippen LogP contribution in [0.5, 0.6) is 0 Å². The predicted molar refractivity (Wildman–Crippen MR) is 46.4 cm³/mol. The topological polar surface area (TPSA) is 42.1 Å². The van der Waals surface area contributed by atoms with Gasteiger partial charge in [-0.3, -0.25) is 4.90 Å². The van der Waals surface area contributed by atoms with E-state index in [9.17, 15) is 0 Å². The molecule has 0 unspecified atom stereocenters. The van der Waals surface area contributed by atoms with Gasteiger partial charge in [0.05, 0.1) is 5.69 Å². The number of hydrogen-bond acceptors (Lipinski definition) is 4. The number of aromatic nitrogens is 1. The second kappa shape index (κ2) is 2.79. The van der Waals surface area contributed by atoms with Crippen molar-refractivity contribution in [2.45, 2.75) is 13.0 Å². The molecule has 0 bridgehead atoms. The van der Waals surface area contributed by atoms with Crippen molar-refractivity contribution in [3.8, 4) is 0 Å². The van der Waals surface area contributed by atoms with Gasteiger partial charge in [-0.25, -0.2) is 4.98 Å². The van der Waals surface area contributed by atoms with Crippen LogP contribution in [-0.2, 0) is 6.54 Å². The second-order valence-corrected chi connectivity index (χ2v) is 3.70. The zero-order valence-electron chi connectivity index (χ0n) is 6.29. The van der Waals surface area contributed by atoms with Crippen LogP contribution in [0.15, 0.2) is 5.38 Å². The summed E-state index contributed by atoms with van der Waals surface area (Å²) < 4.78 is 0. The number of nitrogens with zero attached hydrogens (tertiary/aromatic N) is 2. The molecule has 1 aliphatic rings. The van der Waals surface area contributed by atoms with E-state index in [-0.39, 0.29) is 0 Å². The third-order valence-electron chi connectivity index (χ3n) is 1.90. The number of nitrogens with two attached hydrogens (primary N) is 1. The lowest BCUT2D eigenvalue weighted by Crippen LogP contribution is -2.36. The number of thiazole rings is 1. The van der Waals surface area contributed by atoms with Crippen molar-refractivity contribution in [3.05, 3.63) is 11.1 Å². The Kier molecular flexibility index (Phi) is 1.79. The van der Waals surface area contributed by atoms with E-state index in [1.807, 2.05) is 5.38 Å². The molecule has 0 amide bonds. The van der Waals surface area contributed by atoms with Gasteiger partial charge in [-0.05, 0) is 19.5 Å². The van der Waals surface area contributed by atoms with Crippen LogP contribution < -0.4 is 5.73 Å². The number of nitrogen functional groups attached to an aromatic ring is 1. The highest BCUT2D eigenvalue weighted by atomic mass is 32.1. The molecule has 0 atom stereocenters. The van der Waals surface area contributed by atoms with Gasteiger partial charge in [0.1, 0.15) is 0 Å². The molecule has 1 aromatic rings. The van der Waals surface area contributed by atoms with Crippen LogP contribution in [0.25, 0.3) is 0 Å². The minimum absolute atomic E-state index is 0.681. The van der Waals surface area contributed by atoms with Gasteiger partial charge in [0.25, 0.3) is 0 Å². The fraction of sp³-hybridized carbons (Fsp3) is 0.571. The van der Waals surface area contributed by atoms with Crippen molar-refractivity contribution in [1.82, 2.24) is 9.88 Å². The summed E-state index contributed by atoms with van der Waals surface area (Å²) in [6, 6.07) is 0.